The number of nitrogens with one attached hydrogen (secondary N) is 1. The van der Waals surface area contributed by atoms with Crippen LogP contribution in [-0.2, 0) is 0 Å². The second kappa shape index (κ2) is 3.92. The Morgan fingerprint density at radius 2 is 2.19 bits per heavy atom. The van der Waals surface area contributed by atoms with Gasteiger partial charge in [-0.2, -0.15) is 0 Å². The number of halogens is 1. The summed E-state index contributed by atoms with van der Waals surface area (Å²) in [6, 6.07) is 4.76. The maximum Gasteiger partial charge on any atom is 0.439 e. The molecular weight excluding hydrogens is 211 g/mol. The number of aromatic nitrogens is 2. The first-order chi connectivity index (χ1) is 7.59. The fourth-order valence-corrected chi connectivity index (χ4v) is 1.61. The molecule has 1 heterocycles. The molecule has 0 aliphatic heterocycles. The van der Waals surface area contributed by atoms with Crippen LogP contribution in [0.1, 0.15) is 25.3 Å². The first kappa shape index (κ1) is 10.6. The number of hydrogen-bond acceptors (Lipinski definition) is 3. The molecule has 1 aromatic carbocycles. The second-order valence-electron chi connectivity index (χ2n) is 3.80. The zero-order valence-corrected chi connectivity index (χ0v) is 8.95. The van der Waals surface area contributed by atoms with Crippen molar-refractivity contribution in [1.29, 1.82) is 0 Å². The van der Waals surface area contributed by atoms with E-state index in [2.05, 4.69) is 14.7 Å². The first-order valence-electron chi connectivity index (χ1n) is 4.94. The minimum atomic E-state index is -0.687. The maximum atomic E-state index is 13.7. The molecule has 1 N–H and O–H groups in total. The fourth-order valence-electron chi connectivity index (χ4n) is 1.61. The summed E-state index contributed by atoms with van der Waals surface area (Å²) in [6.07, 6.45) is 0. The van der Waals surface area contributed by atoms with E-state index in [1.54, 1.807) is 12.1 Å². The van der Waals surface area contributed by atoms with Crippen molar-refractivity contribution < 1.29 is 8.91 Å². The van der Waals surface area contributed by atoms with E-state index in [9.17, 15) is 9.18 Å². The van der Waals surface area contributed by atoms with Crippen LogP contribution < -0.4 is 5.76 Å². The van der Waals surface area contributed by atoms with Crippen LogP contribution in [0, 0.1) is 5.82 Å². The lowest BCUT2D eigenvalue weighted by atomic mass is 9.96. The molecule has 0 aliphatic carbocycles. The topological polar surface area (TPSA) is 58.9 Å². The molecule has 2 aromatic rings. The van der Waals surface area contributed by atoms with Crippen molar-refractivity contribution in [2.24, 2.45) is 0 Å². The lowest BCUT2D eigenvalue weighted by Crippen LogP contribution is -1.99. The lowest BCUT2D eigenvalue weighted by molar-refractivity contribution is 0.387. The maximum absolute atomic E-state index is 13.7. The van der Waals surface area contributed by atoms with E-state index in [1.165, 1.54) is 6.07 Å². The summed E-state index contributed by atoms with van der Waals surface area (Å²) in [5.41, 5.74) is 1.08. The van der Waals surface area contributed by atoms with E-state index >= 15 is 0 Å². The van der Waals surface area contributed by atoms with Gasteiger partial charge in [-0.3, -0.25) is 9.51 Å². The molecule has 2 rings (SSSR count). The third-order valence-electron chi connectivity index (χ3n) is 2.34. The van der Waals surface area contributed by atoms with Crippen molar-refractivity contribution in [2.75, 3.05) is 0 Å². The zero-order valence-electron chi connectivity index (χ0n) is 8.95. The second-order valence-corrected chi connectivity index (χ2v) is 3.80. The van der Waals surface area contributed by atoms with Gasteiger partial charge in [0, 0.05) is 0 Å². The van der Waals surface area contributed by atoms with Crippen LogP contribution in [0.2, 0.25) is 0 Å². The summed E-state index contributed by atoms with van der Waals surface area (Å²) in [5, 5.41) is 3.51. The summed E-state index contributed by atoms with van der Waals surface area (Å²) >= 11 is 0. The third kappa shape index (κ3) is 1.76. The van der Waals surface area contributed by atoms with Crippen LogP contribution in [0.25, 0.3) is 11.4 Å². The van der Waals surface area contributed by atoms with E-state index in [-0.39, 0.29) is 11.7 Å². The van der Waals surface area contributed by atoms with Crippen molar-refractivity contribution in [3.8, 4) is 11.4 Å². The van der Waals surface area contributed by atoms with Crippen LogP contribution in [0.3, 0.4) is 0 Å². The predicted molar refractivity (Wildman–Crippen MR) is 56.6 cm³/mol. The lowest BCUT2D eigenvalue weighted by Gasteiger charge is -2.10. The van der Waals surface area contributed by atoms with Gasteiger partial charge < -0.3 is 0 Å². The van der Waals surface area contributed by atoms with Crippen molar-refractivity contribution >= 4 is 0 Å². The first-order valence-corrected chi connectivity index (χ1v) is 4.94. The summed E-state index contributed by atoms with van der Waals surface area (Å²) < 4.78 is 18.1. The molecule has 0 amide bonds. The molecule has 0 radical (unpaired) electrons. The van der Waals surface area contributed by atoms with Crippen molar-refractivity contribution in [3.63, 3.8) is 0 Å². The molecule has 4 nitrogen and oxygen atoms in total. The van der Waals surface area contributed by atoms with E-state index in [0.29, 0.717) is 5.56 Å². The minimum absolute atomic E-state index is 0.130. The molecule has 0 saturated heterocycles. The highest BCUT2D eigenvalue weighted by Crippen LogP contribution is 2.28. The van der Waals surface area contributed by atoms with E-state index in [0.717, 1.165) is 5.56 Å². The molecule has 1 aromatic heterocycles. The highest BCUT2D eigenvalue weighted by molar-refractivity contribution is 5.61. The Bertz CT molecular complexity index is 557. The SMILES string of the molecule is CC(C)c1cccc(F)c1-c1noc(=O)[nH]1. The van der Waals surface area contributed by atoms with Crippen LogP contribution in [0.5, 0.6) is 0 Å². The highest BCUT2D eigenvalue weighted by atomic mass is 19.1. The number of H-pyrrole nitrogens is 1. The molecule has 0 unspecified atom stereocenters. The summed E-state index contributed by atoms with van der Waals surface area (Å²) in [6.45, 7) is 3.88. The average molecular weight is 222 g/mol. The molecule has 0 aliphatic rings. The molecule has 5 heteroatoms. The van der Waals surface area contributed by atoms with Crippen molar-refractivity contribution in [1.82, 2.24) is 10.1 Å². The Balaban J connectivity index is 2.67. The molecular formula is C11H11FN2O2. The van der Waals surface area contributed by atoms with Crippen LogP contribution >= 0.6 is 0 Å². The zero-order chi connectivity index (χ0) is 11.7. The Kier molecular flexibility index (Phi) is 2.60. The predicted octanol–water partition coefficient (Wildman–Crippen LogP) is 2.29. The van der Waals surface area contributed by atoms with Gasteiger partial charge in [0.15, 0.2) is 5.82 Å². The normalized spacial score (nSPS) is 11.0. The van der Waals surface area contributed by atoms with Crippen LogP contribution in [0.4, 0.5) is 4.39 Å². The Hall–Kier alpha value is -1.91. The number of nitrogens with zero attached hydrogens (tertiary/aromatic N) is 1. The van der Waals surface area contributed by atoms with Gasteiger partial charge in [-0.15, -0.1) is 0 Å². The molecule has 84 valence electrons. The van der Waals surface area contributed by atoms with E-state index in [4.69, 9.17) is 0 Å². The van der Waals surface area contributed by atoms with Gasteiger partial charge >= 0.3 is 5.76 Å². The highest BCUT2D eigenvalue weighted by Gasteiger charge is 2.16. The molecule has 0 spiro atoms. The van der Waals surface area contributed by atoms with Crippen molar-refractivity contribution in [3.05, 3.63) is 40.1 Å². The van der Waals surface area contributed by atoms with E-state index < -0.39 is 11.6 Å². The van der Waals surface area contributed by atoms with Crippen molar-refractivity contribution in [2.45, 2.75) is 19.8 Å². The van der Waals surface area contributed by atoms with Gasteiger partial charge in [0.25, 0.3) is 0 Å². The third-order valence-corrected chi connectivity index (χ3v) is 2.34. The van der Waals surface area contributed by atoms with E-state index in [1.807, 2.05) is 13.8 Å². The largest absolute Gasteiger partial charge is 0.439 e. The minimum Gasteiger partial charge on any atom is -0.296 e. The standard InChI is InChI=1S/C11H11FN2O2/c1-6(2)7-4-3-5-8(12)9(7)10-13-11(15)16-14-10/h3-6H,1-2H3,(H,13,14,15). The number of rotatable bonds is 2. The monoisotopic (exact) mass is 222 g/mol. The molecule has 0 fully saturated rings. The van der Waals surface area contributed by atoms with Gasteiger partial charge in [0.1, 0.15) is 5.82 Å². The van der Waals surface area contributed by atoms with Gasteiger partial charge in [-0.05, 0) is 17.5 Å². The molecule has 0 atom stereocenters. The van der Waals surface area contributed by atoms with Gasteiger partial charge in [-0.25, -0.2) is 9.18 Å². The number of aromatic amines is 1. The van der Waals surface area contributed by atoms with Gasteiger partial charge in [0.2, 0.25) is 0 Å². The Morgan fingerprint density at radius 3 is 2.75 bits per heavy atom. The molecule has 0 saturated carbocycles. The molecule has 16 heavy (non-hydrogen) atoms. The van der Waals surface area contributed by atoms with Crippen LogP contribution in [-0.4, -0.2) is 10.1 Å². The van der Waals surface area contributed by atoms with Gasteiger partial charge in [-0.1, -0.05) is 31.1 Å². The Morgan fingerprint density at radius 1 is 1.44 bits per heavy atom. The Labute approximate surface area is 91.1 Å². The smallest absolute Gasteiger partial charge is 0.296 e. The molecule has 0 bridgehead atoms. The summed E-state index contributed by atoms with van der Waals surface area (Å²) in [7, 11) is 0. The fraction of sp³-hybridized carbons (Fsp3) is 0.273. The van der Waals surface area contributed by atoms with Gasteiger partial charge in [0.05, 0.1) is 5.56 Å². The quantitative estimate of drug-likeness (QED) is 0.848. The average Bonchev–Trinajstić information content (AvgIpc) is 2.64. The summed E-state index contributed by atoms with van der Waals surface area (Å²) in [5.74, 6) is -0.846. The van der Waals surface area contributed by atoms with Crippen LogP contribution in [0.15, 0.2) is 27.5 Å². The number of hydrogen-bond donors (Lipinski definition) is 1. The number of benzene rings is 1. The summed E-state index contributed by atoms with van der Waals surface area (Å²) in [4.78, 5) is 13.2.